The molecule has 8 nitrogen and oxygen atoms in total. The van der Waals surface area contributed by atoms with E-state index >= 15 is 0 Å². The number of nitro groups is 1. The largest absolute Gasteiger partial charge is 0.322 e. The van der Waals surface area contributed by atoms with Crippen LogP contribution in [0.25, 0.3) is 0 Å². The molecule has 0 fully saturated rings. The number of carbonyl (C=O) groups is 1. The van der Waals surface area contributed by atoms with Crippen LogP contribution in [0.3, 0.4) is 0 Å². The van der Waals surface area contributed by atoms with Crippen molar-refractivity contribution < 1.29 is 18.1 Å². The number of sulfonamides is 1. The van der Waals surface area contributed by atoms with E-state index in [1.807, 2.05) is 6.92 Å². The molecule has 1 heterocycles. The third-order valence-electron chi connectivity index (χ3n) is 5.43. The van der Waals surface area contributed by atoms with E-state index in [2.05, 4.69) is 5.32 Å². The molecule has 0 saturated carbocycles. The van der Waals surface area contributed by atoms with Crippen molar-refractivity contribution in [3.63, 3.8) is 0 Å². The van der Waals surface area contributed by atoms with E-state index in [0.717, 1.165) is 17.2 Å². The van der Waals surface area contributed by atoms with Gasteiger partial charge in [-0.15, -0.1) is 0 Å². The number of hydrogen-bond acceptors (Lipinski definition) is 5. The molecule has 0 bridgehead atoms. The maximum Gasteiger partial charge on any atom is 0.288 e. The Kier molecular flexibility index (Phi) is 6.09. The molecule has 3 aromatic rings. The fourth-order valence-electron chi connectivity index (χ4n) is 3.72. The SMILES string of the molecule is Cc1ccc(S(=O)(=O)N2CCCc3cc(NC(=O)c4ccc(Cl)c([N+](=O)[O-])c4)ccc32)cc1. The second kappa shape index (κ2) is 8.84. The Morgan fingerprint density at radius 1 is 1.09 bits per heavy atom. The van der Waals surface area contributed by atoms with Gasteiger partial charge >= 0.3 is 0 Å². The van der Waals surface area contributed by atoms with Crippen molar-refractivity contribution in [2.24, 2.45) is 0 Å². The van der Waals surface area contributed by atoms with Crippen molar-refractivity contribution in [2.75, 3.05) is 16.2 Å². The van der Waals surface area contributed by atoms with Crippen molar-refractivity contribution in [1.29, 1.82) is 0 Å². The monoisotopic (exact) mass is 485 g/mol. The maximum atomic E-state index is 13.2. The summed E-state index contributed by atoms with van der Waals surface area (Å²) < 4.78 is 27.8. The zero-order chi connectivity index (χ0) is 23.8. The van der Waals surface area contributed by atoms with Gasteiger partial charge in [0.1, 0.15) is 5.02 Å². The minimum Gasteiger partial charge on any atom is -0.322 e. The molecule has 1 amide bonds. The lowest BCUT2D eigenvalue weighted by molar-refractivity contribution is -0.384. The highest BCUT2D eigenvalue weighted by Crippen LogP contribution is 2.34. The van der Waals surface area contributed by atoms with Gasteiger partial charge < -0.3 is 5.32 Å². The third-order valence-corrected chi connectivity index (χ3v) is 7.57. The molecule has 0 atom stereocenters. The second-order valence-corrected chi connectivity index (χ2v) is 9.98. The summed E-state index contributed by atoms with van der Waals surface area (Å²) in [7, 11) is -3.72. The summed E-state index contributed by atoms with van der Waals surface area (Å²) in [6.07, 6.45) is 1.30. The van der Waals surface area contributed by atoms with Crippen molar-refractivity contribution in [2.45, 2.75) is 24.7 Å². The van der Waals surface area contributed by atoms with Crippen LogP contribution in [0, 0.1) is 17.0 Å². The molecule has 0 aliphatic carbocycles. The van der Waals surface area contributed by atoms with Crippen LogP contribution in [-0.4, -0.2) is 25.8 Å². The molecule has 0 unspecified atom stereocenters. The molecule has 0 spiro atoms. The van der Waals surface area contributed by atoms with Crippen LogP contribution in [0.4, 0.5) is 17.1 Å². The van der Waals surface area contributed by atoms with Gasteiger partial charge in [-0.1, -0.05) is 29.3 Å². The molecular formula is C23H20ClN3O5S. The Morgan fingerprint density at radius 2 is 1.82 bits per heavy atom. The van der Waals surface area contributed by atoms with Crippen LogP contribution in [0.15, 0.2) is 65.6 Å². The number of carbonyl (C=O) groups excluding carboxylic acids is 1. The fourth-order valence-corrected chi connectivity index (χ4v) is 5.45. The van der Waals surface area contributed by atoms with Gasteiger partial charge in [0.05, 0.1) is 15.5 Å². The van der Waals surface area contributed by atoms with Crippen LogP contribution in [0.1, 0.15) is 27.9 Å². The zero-order valence-electron chi connectivity index (χ0n) is 17.6. The normalized spacial score (nSPS) is 13.3. The Morgan fingerprint density at radius 3 is 2.52 bits per heavy atom. The molecule has 170 valence electrons. The van der Waals surface area contributed by atoms with Gasteiger partial charge in [-0.25, -0.2) is 8.42 Å². The number of anilines is 2. The van der Waals surface area contributed by atoms with Gasteiger partial charge in [-0.2, -0.15) is 0 Å². The van der Waals surface area contributed by atoms with Gasteiger partial charge in [0, 0.05) is 23.9 Å². The van der Waals surface area contributed by atoms with Gasteiger partial charge in [0.15, 0.2) is 0 Å². The summed E-state index contributed by atoms with van der Waals surface area (Å²) in [5.74, 6) is -0.533. The molecule has 4 rings (SSSR count). The number of benzene rings is 3. The predicted octanol–water partition coefficient (Wildman–Crippen LogP) is 4.95. The maximum absolute atomic E-state index is 13.2. The lowest BCUT2D eigenvalue weighted by atomic mass is 10.0. The smallest absolute Gasteiger partial charge is 0.288 e. The number of aryl methyl sites for hydroxylation is 2. The number of rotatable bonds is 5. The highest BCUT2D eigenvalue weighted by Gasteiger charge is 2.29. The van der Waals surface area contributed by atoms with Crippen molar-refractivity contribution in [3.05, 3.63) is 92.5 Å². The molecule has 1 aliphatic heterocycles. The van der Waals surface area contributed by atoms with E-state index in [-0.39, 0.29) is 21.2 Å². The Bertz CT molecular complexity index is 1360. The van der Waals surface area contributed by atoms with Crippen LogP contribution < -0.4 is 9.62 Å². The summed E-state index contributed by atoms with van der Waals surface area (Å²) >= 11 is 5.81. The fraction of sp³-hybridized carbons (Fsp3) is 0.174. The second-order valence-electron chi connectivity index (χ2n) is 7.71. The first-order valence-corrected chi connectivity index (χ1v) is 12.0. The molecule has 1 aliphatic rings. The number of fused-ring (bicyclic) bond motifs is 1. The Balaban J connectivity index is 1.60. The molecule has 10 heteroatoms. The van der Waals surface area contributed by atoms with Gasteiger partial charge in [-0.3, -0.25) is 19.2 Å². The molecule has 33 heavy (non-hydrogen) atoms. The highest BCUT2D eigenvalue weighted by molar-refractivity contribution is 7.92. The molecular weight excluding hydrogens is 466 g/mol. The predicted molar refractivity (Wildman–Crippen MR) is 127 cm³/mol. The number of nitrogens with zero attached hydrogens (tertiary/aromatic N) is 2. The highest BCUT2D eigenvalue weighted by atomic mass is 35.5. The van der Waals surface area contributed by atoms with E-state index in [1.165, 1.54) is 16.4 Å². The minimum atomic E-state index is -3.72. The molecule has 3 aromatic carbocycles. The number of amides is 1. The summed E-state index contributed by atoms with van der Waals surface area (Å²) in [6.45, 7) is 2.26. The first kappa shape index (κ1) is 22.8. The Hall–Kier alpha value is -3.43. The van der Waals surface area contributed by atoms with Crippen LogP contribution in [0.2, 0.25) is 5.02 Å². The van der Waals surface area contributed by atoms with Crippen molar-refractivity contribution in [3.8, 4) is 0 Å². The number of halogens is 1. The van der Waals surface area contributed by atoms with E-state index < -0.39 is 20.9 Å². The lowest BCUT2D eigenvalue weighted by Gasteiger charge is -2.31. The van der Waals surface area contributed by atoms with Gasteiger partial charge in [-0.05, 0) is 67.8 Å². The van der Waals surface area contributed by atoms with E-state index in [0.29, 0.717) is 30.8 Å². The van der Waals surface area contributed by atoms with E-state index in [4.69, 9.17) is 11.6 Å². The number of nitrogens with one attached hydrogen (secondary N) is 1. The molecule has 0 aromatic heterocycles. The van der Waals surface area contributed by atoms with Crippen LogP contribution in [-0.2, 0) is 16.4 Å². The topological polar surface area (TPSA) is 110 Å². The van der Waals surface area contributed by atoms with E-state index in [9.17, 15) is 23.3 Å². The molecule has 0 saturated heterocycles. The number of nitro benzene ring substituents is 1. The molecule has 0 radical (unpaired) electrons. The van der Waals surface area contributed by atoms with Crippen LogP contribution in [0.5, 0.6) is 0 Å². The van der Waals surface area contributed by atoms with Crippen LogP contribution >= 0.6 is 11.6 Å². The van der Waals surface area contributed by atoms with Gasteiger partial charge in [0.25, 0.3) is 21.6 Å². The summed E-state index contributed by atoms with van der Waals surface area (Å²) in [4.78, 5) is 23.3. The third kappa shape index (κ3) is 4.55. The quantitative estimate of drug-likeness (QED) is 0.406. The van der Waals surface area contributed by atoms with E-state index in [1.54, 1.807) is 42.5 Å². The van der Waals surface area contributed by atoms with Crippen molar-refractivity contribution in [1.82, 2.24) is 0 Å². The molecule has 1 N–H and O–H groups in total. The van der Waals surface area contributed by atoms with Gasteiger partial charge in [0.2, 0.25) is 0 Å². The first-order valence-electron chi connectivity index (χ1n) is 10.1. The Labute approximate surface area is 196 Å². The summed E-state index contributed by atoms with van der Waals surface area (Å²) in [5, 5.41) is 13.7. The van der Waals surface area contributed by atoms with Crippen molar-refractivity contribution >= 4 is 44.6 Å². The first-order chi connectivity index (χ1) is 15.7. The average molecular weight is 486 g/mol. The summed E-state index contributed by atoms with van der Waals surface area (Å²) in [6, 6.07) is 15.5. The summed E-state index contributed by atoms with van der Waals surface area (Å²) in [5.41, 5.74) is 2.53. The zero-order valence-corrected chi connectivity index (χ0v) is 19.2. The average Bonchev–Trinajstić information content (AvgIpc) is 2.78. The standard InChI is InChI=1S/C23H20ClN3O5S/c1-15-4-8-19(9-5-15)33(31,32)26-12-2-3-16-13-18(7-11-21(16)26)25-23(28)17-6-10-20(24)22(14-17)27(29)30/h4-11,13-14H,2-3,12H2,1H3,(H,25,28). The minimum absolute atomic E-state index is 0.0554. The lowest BCUT2D eigenvalue weighted by Crippen LogP contribution is -2.35. The number of hydrogen-bond donors (Lipinski definition) is 1.